The molecule has 0 N–H and O–H groups in total. The van der Waals surface area contributed by atoms with Crippen LogP contribution in [0.3, 0.4) is 0 Å². The van der Waals surface area contributed by atoms with Gasteiger partial charge in [0, 0.05) is 29.2 Å². The van der Waals surface area contributed by atoms with Gasteiger partial charge in [-0.2, -0.15) is 0 Å². The molecular weight excluding hydrogens is 256 g/mol. The van der Waals surface area contributed by atoms with Crippen molar-refractivity contribution in [3.63, 3.8) is 0 Å². The number of hydrogen-bond acceptors (Lipinski definition) is 3. The zero-order valence-electron chi connectivity index (χ0n) is 10.9. The van der Waals surface area contributed by atoms with E-state index in [-0.39, 0.29) is 0 Å². The molecule has 0 aliphatic heterocycles. The summed E-state index contributed by atoms with van der Waals surface area (Å²) in [7, 11) is 1.60. The molecule has 0 unspecified atom stereocenters. The Balaban J connectivity index is 1.92. The van der Waals surface area contributed by atoms with Crippen LogP contribution in [0, 0.1) is 0 Å². The third kappa shape index (κ3) is 3.76. The Bertz CT molecular complexity index is 628. The summed E-state index contributed by atoms with van der Waals surface area (Å²) < 4.78 is 6.95. The number of hydrogen-bond donors (Lipinski definition) is 0. The van der Waals surface area contributed by atoms with Crippen LogP contribution in [0.2, 0.25) is 0 Å². The molecular formula is C15H16N2OS. The Morgan fingerprint density at radius 2 is 2.26 bits per heavy atom. The highest BCUT2D eigenvalue weighted by Gasteiger charge is 1.98. The summed E-state index contributed by atoms with van der Waals surface area (Å²) in [5.74, 6) is 1.45. The van der Waals surface area contributed by atoms with E-state index in [2.05, 4.69) is 30.3 Å². The first kappa shape index (κ1) is 13.5. The second-order valence-electron chi connectivity index (χ2n) is 4.01. The molecule has 0 aliphatic rings. The molecule has 0 bridgehead atoms. The molecule has 3 nitrogen and oxygen atoms in total. The van der Waals surface area contributed by atoms with Crippen molar-refractivity contribution in [2.45, 2.75) is 4.90 Å². The summed E-state index contributed by atoms with van der Waals surface area (Å²) >= 11 is 1.73. The maximum atomic E-state index is 4.96. The van der Waals surface area contributed by atoms with E-state index in [1.54, 1.807) is 25.1 Å². The van der Waals surface area contributed by atoms with Crippen LogP contribution in [0.5, 0.6) is 0 Å². The topological polar surface area (TPSA) is 26.5 Å². The lowest BCUT2D eigenvalue weighted by molar-refractivity contribution is 0.309. The van der Waals surface area contributed by atoms with E-state index in [9.17, 15) is 0 Å². The summed E-state index contributed by atoms with van der Waals surface area (Å²) in [4.78, 5) is 5.44. The number of allylic oxidation sites excluding steroid dienone is 2. The summed E-state index contributed by atoms with van der Waals surface area (Å²) in [6.07, 6.45) is 9.48. The number of aromatic nitrogens is 2. The minimum atomic E-state index is 0.630. The van der Waals surface area contributed by atoms with Crippen LogP contribution in [-0.4, -0.2) is 22.2 Å². The van der Waals surface area contributed by atoms with Crippen LogP contribution in [0.4, 0.5) is 0 Å². The maximum Gasteiger partial charge on any atom is 0.137 e. The molecule has 0 radical (unpaired) electrons. The molecule has 0 saturated heterocycles. The average molecular weight is 272 g/mol. The standard InChI is InChI=1S/C15H16N2OS/c1-12(4-5-13(2)18-3)11-19-14-6-8-17-9-7-16-15(17)10-14/h4-10H,1-2,11H2,3H3/b5-4-. The highest BCUT2D eigenvalue weighted by Crippen LogP contribution is 2.21. The fraction of sp³-hybridized carbons (Fsp3) is 0.133. The van der Waals surface area contributed by atoms with Crippen LogP contribution in [0.25, 0.3) is 5.65 Å². The number of methoxy groups -OCH3 is 1. The predicted molar refractivity (Wildman–Crippen MR) is 80.3 cm³/mol. The van der Waals surface area contributed by atoms with Crippen LogP contribution in [0.1, 0.15) is 0 Å². The lowest BCUT2D eigenvalue weighted by atomic mass is 10.3. The quantitative estimate of drug-likeness (QED) is 0.456. The maximum absolute atomic E-state index is 4.96. The molecule has 0 aliphatic carbocycles. The third-order valence-electron chi connectivity index (χ3n) is 2.56. The number of ether oxygens (including phenoxy) is 1. The summed E-state index contributed by atoms with van der Waals surface area (Å²) in [6.45, 7) is 7.73. The Morgan fingerprint density at radius 1 is 1.42 bits per heavy atom. The van der Waals surface area contributed by atoms with Gasteiger partial charge in [0.1, 0.15) is 11.4 Å². The predicted octanol–water partition coefficient (Wildman–Crippen LogP) is 3.70. The number of thioether (sulfide) groups is 1. The zero-order valence-corrected chi connectivity index (χ0v) is 11.7. The Labute approximate surface area is 117 Å². The van der Waals surface area contributed by atoms with Gasteiger partial charge >= 0.3 is 0 Å². The van der Waals surface area contributed by atoms with Crippen LogP contribution < -0.4 is 0 Å². The van der Waals surface area contributed by atoms with E-state index in [1.165, 1.54) is 4.90 Å². The van der Waals surface area contributed by atoms with Crippen molar-refractivity contribution < 1.29 is 4.74 Å². The molecule has 0 fully saturated rings. The van der Waals surface area contributed by atoms with E-state index >= 15 is 0 Å². The molecule has 0 atom stereocenters. The zero-order chi connectivity index (χ0) is 13.7. The Kier molecular flexibility index (Phi) is 4.47. The minimum Gasteiger partial charge on any atom is -0.497 e. The lowest BCUT2D eigenvalue weighted by Gasteiger charge is -2.03. The van der Waals surface area contributed by atoms with Gasteiger partial charge in [0.25, 0.3) is 0 Å². The normalized spacial score (nSPS) is 11.0. The number of imidazole rings is 1. The number of pyridine rings is 1. The van der Waals surface area contributed by atoms with E-state index in [4.69, 9.17) is 4.74 Å². The van der Waals surface area contributed by atoms with Gasteiger partial charge in [0.05, 0.1) is 7.11 Å². The van der Waals surface area contributed by atoms with E-state index < -0.39 is 0 Å². The first-order valence-electron chi connectivity index (χ1n) is 5.83. The fourth-order valence-corrected chi connectivity index (χ4v) is 2.28. The monoisotopic (exact) mass is 272 g/mol. The molecule has 98 valence electrons. The molecule has 19 heavy (non-hydrogen) atoms. The smallest absolute Gasteiger partial charge is 0.137 e. The fourth-order valence-electron chi connectivity index (χ4n) is 1.48. The van der Waals surface area contributed by atoms with Gasteiger partial charge in [-0.3, -0.25) is 0 Å². The molecule has 0 amide bonds. The first-order valence-corrected chi connectivity index (χ1v) is 6.82. The van der Waals surface area contributed by atoms with E-state index in [0.29, 0.717) is 5.76 Å². The van der Waals surface area contributed by atoms with E-state index in [0.717, 1.165) is 17.0 Å². The molecule has 0 spiro atoms. The minimum absolute atomic E-state index is 0.630. The van der Waals surface area contributed by atoms with Crippen molar-refractivity contribution in [2.24, 2.45) is 0 Å². The van der Waals surface area contributed by atoms with Gasteiger partial charge in [-0.15, -0.1) is 11.8 Å². The third-order valence-corrected chi connectivity index (χ3v) is 3.66. The summed E-state index contributed by atoms with van der Waals surface area (Å²) in [6, 6.07) is 4.14. The van der Waals surface area contributed by atoms with Crippen LogP contribution in [0.15, 0.2) is 72.3 Å². The Morgan fingerprint density at radius 3 is 3.05 bits per heavy atom. The van der Waals surface area contributed by atoms with Crippen molar-refractivity contribution in [1.29, 1.82) is 0 Å². The number of nitrogens with zero attached hydrogens (tertiary/aromatic N) is 2. The van der Waals surface area contributed by atoms with Gasteiger partial charge in [0.2, 0.25) is 0 Å². The number of rotatable bonds is 6. The highest BCUT2D eigenvalue weighted by molar-refractivity contribution is 7.99. The van der Waals surface area contributed by atoms with Crippen LogP contribution >= 0.6 is 11.8 Å². The molecule has 0 aromatic carbocycles. The highest BCUT2D eigenvalue weighted by atomic mass is 32.2. The van der Waals surface area contributed by atoms with E-state index in [1.807, 2.05) is 28.9 Å². The first-order chi connectivity index (χ1) is 9.19. The molecule has 2 aromatic rings. The number of fused-ring (bicyclic) bond motifs is 1. The van der Waals surface area contributed by atoms with Crippen molar-refractivity contribution in [3.05, 3.63) is 67.4 Å². The lowest BCUT2D eigenvalue weighted by Crippen LogP contribution is -1.86. The van der Waals surface area contributed by atoms with Crippen molar-refractivity contribution in [1.82, 2.24) is 9.38 Å². The van der Waals surface area contributed by atoms with Gasteiger partial charge in [-0.25, -0.2) is 4.98 Å². The Hall–Kier alpha value is -1.94. The second kappa shape index (κ2) is 6.29. The molecule has 0 saturated carbocycles. The van der Waals surface area contributed by atoms with Crippen LogP contribution in [-0.2, 0) is 4.74 Å². The van der Waals surface area contributed by atoms with Gasteiger partial charge in [-0.05, 0) is 23.8 Å². The summed E-state index contributed by atoms with van der Waals surface area (Å²) in [5, 5.41) is 0. The average Bonchev–Trinajstić information content (AvgIpc) is 2.89. The molecule has 2 heterocycles. The second-order valence-corrected chi connectivity index (χ2v) is 5.05. The molecule has 2 rings (SSSR count). The van der Waals surface area contributed by atoms with Gasteiger partial charge in [0.15, 0.2) is 0 Å². The van der Waals surface area contributed by atoms with Gasteiger partial charge < -0.3 is 9.14 Å². The molecule has 4 heteroatoms. The van der Waals surface area contributed by atoms with Crippen molar-refractivity contribution in [3.8, 4) is 0 Å². The van der Waals surface area contributed by atoms with Crippen molar-refractivity contribution in [2.75, 3.05) is 12.9 Å². The molecule has 2 aromatic heterocycles. The largest absolute Gasteiger partial charge is 0.497 e. The van der Waals surface area contributed by atoms with Gasteiger partial charge in [-0.1, -0.05) is 19.2 Å². The van der Waals surface area contributed by atoms with Crippen molar-refractivity contribution >= 4 is 17.4 Å². The summed E-state index contributed by atoms with van der Waals surface area (Å²) in [5.41, 5.74) is 1.98. The SMILES string of the molecule is C=C(/C=C\C(=C)OC)CSc1ccn2ccnc2c1.